The van der Waals surface area contributed by atoms with Crippen LogP contribution in [0.2, 0.25) is 5.02 Å². The molecule has 3 N–H and O–H groups in total. The maximum atomic E-state index is 12.6. The number of nitrogens with zero attached hydrogens (tertiary/aromatic N) is 1. The van der Waals surface area contributed by atoms with E-state index in [9.17, 15) is 22.8 Å². The third-order valence-corrected chi connectivity index (χ3v) is 5.73. The number of ether oxygens (including phenoxy) is 2. The number of carbonyl (C=O) groups is 2. The molecule has 1 fully saturated rings. The van der Waals surface area contributed by atoms with Gasteiger partial charge in [0, 0.05) is 11.2 Å². The van der Waals surface area contributed by atoms with Gasteiger partial charge in [0.25, 0.3) is 5.91 Å². The summed E-state index contributed by atoms with van der Waals surface area (Å²) in [7, 11) is 0. The largest absolute Gasteiger partial charge is 0.477 e. The van der Waals surface area contributed by atoms with E-state index in [0.29, 0.717) is 29.3 Å². The van der Waals surface area contributed by atoms with Crippen molar-refractivity contribution in [3.63, 3.8) is 0 Å². The highest BCUT2D eigenvalue weighted by atomic mass is 35.5. The van der Waals surface area contributed by atoms with Gasteiger partial charge < -0.3 is 25.4 Å². The first-order valence-electron chi connectivity index (χ1n) is 10.6. The van der Waals surface area contributed by atoms with E-state index in [-0.39, 0.29) is 37.6 Å². The van der Waals surface area contributed by atoms with E-state index in [1.165, 1.54) is 6.07 Å². The predicted molar refractivity (Wildman–Crippen MR) is 116 cm³/mol. The van der Waals surface area contributed by atoms with Gasteiger partial charge in [-0.1, -0.05) is 11.6 Å². The number of amides is 2. The van der Waals surface area contributed by atoms with E-state index < -0.39 is 23.9 Å². The van der Waals surface area contributed by atoms with E-state index in [4.69, 9.17) is 21.1 Å². The Labute approximate surface area is 198 Å². The fourth-order valence-corrected chi connectivity index (χ4v) is 3.81. The molecule has 8 nitrogen and oxygen atoms in total. The molecule has 0 spiro atoms. The van der Waals surface area contributed by atoms with Crippen molar-refractivity contribution in [2.45, 2.75) is 43.8 Å². The summed E-state index contributed by atoms with van der Waals surface area (Å²) in [5, 5.41) is 9.17. The summed E-state index contributed by atoms with van der Waals surface area (Å²) in [6.07, 6.45) is -4.27. The van der Waals surface area contributed by atoms with Gasteiger partial charge in [0.15, 0.2) is 6.10 Å². The number of aromatic nitrogens is 1. The van der Waals surface area contributed by atoms with Crippen LogP contribution in [0.5, 0.6) is 5.75 Å². The van der Waals surface area contributed by atoms with E-state index in [2.05, 4.69) is 20.9 Å². The fourth-order valence-electron chi connectivity index (χ4n) is 3.64. The summed E-state index contributed by atoms with van der Waals surface area (Å²) in [5.41, 5.74) is 0.166. The van der Waals surface area contributed by atoms with Crippen molar-refractivity contribution in [2.24, 2.45) is 0 Å². The first kappa shape index (κ1) is 24.1. The van der Waals surface area contributed by atoms with Crippen LogP contribution in [0.15, 0.2) is 36.5 Å². The lowest BCUT2D eigenvalue weighted by molar-refractivity contribution is -0.139. The minimum absolute atomic E-state index is 0.0182. The molecule has 0 saturated carbocycles. The average Bonchev–Trinajstić information content (AvgIpc) is 2.82. The van der Waals surface area contributed by atoms with Gasteiger partial charge in [-0.25, -0.2) is 0 Å². The zero-order valence-corrected chi connectivity index (χ0v) is 18.6. The minimum atomic E-state index is -4.46. The van der Waals surface area contributed by atoms with Gasteiger partial charge in [0.2, 0.25) is 5.91 Å². The van der Waals surface area contributed by atoms with Crippen LogP contribution in [0.3, 0.4) is 0 Å². The van der Waals surface area contributed by atoms with Crippen molar-refractivity contribution in [3.8, 4) is 5.75 Å². The SMILES string of the molecule is O=C(NCc1ccc(C(F)(F)F)cn1)[C@@H]1CC[C@@H](NC(=O)[C@@H]2CNc3cc(Cl)ccc3O2)CO1. The van der Waals surface area contributed by atoms with Gasteiger partial charge in [0.1, 0.15) is 11.9 Å². The number of rotatable bonds is 5. The van der Waals surface area contributed by atoms with Gasteiger partial charge in [-0.3, -0.25) is 14.6 Å². The first-order chi connectivity index (χ1) is 16.2. The zero-order chi connectivity index (χ0) is 24.3. The number of hydrogen-bond acceptors (Lipinski definition) is 6. The Morgan fingerprint density at radius 1 is 1.15 bits per heavy atom. The number of hydrogen-bond donors (Lipinski definition) is 3. The van der Waals surface area contributed by atoms with Crippen molar-refractivity contribution >= 4 is 29.1 Å². The van der Waals surface area contributed by atoms with Crippen LogP contribution in [0.25, 0.3) is 0 Å². The van der Waals surface area contributed by atoms with Crippen LogP contribution >= 0.6 is 11.6 Å². The van der Waals surface area contributed by atoms with Crippen molar-refractivity contribution in [1.82, 2.24) is 15.6 Å². The van der Waals surface area contributed by atoms with Crippen molar-refractivity contribution in [2.75, 3.05) is 18.5 Å². The second kappa shape index (κ2) is 10.1. The molecule has 0 radical (unpaired) electrons. The summed E-state index contributed by atoms with van der Waals surface area (Å²) >= 11 is 5.95. The van der Waals surface area contributed by atoms with Gasteiger partial charge in [0.05, 0.1) is 42.7 Å². The molecular weight excluding hydrogens is 477 g/mol. The molecule has 2 aliphatic rings. The van der Waals surface area contributed by atoms with E-state index in [0.717, 1.165) is 18.0 Å². The van der Waals surface area contributed by atoms with Gasteiger partial charge in [-0.05, 0) is 43.2 Å². The topological polar surface area (TPSA) is 102 Å². The van der Waals surface area contributed by atoms with Crippen LogP contribution in [0, 0.1) is 0 Å². The quantitative estimate of drug-likeness (QED) is 0.586. The molecule has 0 unspecified atom stereocenters. The number of alkyl halides is 3. The number of fused-ring (bicyclic) bond motifs is 1. The van der Waals surface area contributed by atoms with E-state index in [1.807, 2.05) is 0 Å². The standard InChI is InChI=1S/C22H22ClF3N4O4/c23-13-2-5-17-16(7-13)28-10-19(34-17)21(32)30-15-4-6-18(33-11-15)20(31)29-9-14-3-1-12(8-27-14)22(24,25)26/h1-3,5,7-8,15,18-19,28H,4,6,9-11H2,(H,29,31)(H,30,32)/t15-,18+,19+/m1/s1. The first-order valence-corrected chi connectivity index (χ1v) is 11.0. The maximum absolute atomic E-state index is 12.6. The second-order valence-corrected chi connectivity index (χ2v) is 8.42. The lowest BCUT2D eigenvalue weighted by Crippen LogP contribution is -2.52. The van der Waals surface area contributed by atoms with E-state index in [1.54, 1.807) is 18.2 Å². The summed E-state index contributed by atoms with van der Waals surface area (Å²) in [5.74, 6) is -0.144. The molecule has 12 heteroatoms. The minimum Gasteiger partial charge on any atom is -0.477 e. The molecule has 1 aromatic heterocycles. The Morgan fingerprint density at radius 3 is 2.65 bits per heavy atom. The smallest absolute Gasteiger partial charge is 0.417 e. The van der Waals surface area contributed by atoms with Gasteiger partial charge >= 0.3 is 6.18 Å². The van der Waals surface area contributed by atoms with Crippen LogP contribution in [0.4, 0.5) is 18.9 Å². The molecule has 0 aliphatic carbocycles. The van der Waals surface area contributed by atoms with Crippen LogP contribution < -0.4 is 20.7 Å². The Kier molecular flexibility index (Phi) is 7.13. The number of benzene rings is 1. The van der Waals surface area contributed by atoms with Crippen LogP contribution in [-0.4, -0.2) is 48.2 Å². The predicted octanol–water partition coefficient (Wildman–Crippen LogP) is 2.91. The van der Waals surface area contributed by atoms with Crippen LogP contribution in [0.1, 0.15) is 24.1 Å². The molecule has 2 aliphatic heterocycles. The monoisotopic (exact) mass is 498 g/mol. The Balaban J connectivity index is 1.20. The molecule has 1 aromatic carbocycles. The highest BCUT2D eigenvalue weighted by Crippen LogP contribution is 2.32. The number of nitrogens with one attached hydrogen (secondary N) is 3. The Hall–Kier alpha value is -3.05. The Morgan fingerprint density at radius 2 is 1.97 bits per heavy atom. The normalized spacial score (nSPS) is 22.1. The number of halogens is 4. The highest BCUT2D eigenvalue weighted by molar-refractivity contribution is 6.30. The molecule has 3 atom stereocenters. The summed E-state index contributed by atoms with van der Waals surface area (Å²) in [6, 6.07) is 6.94. The fraction of sp³-hybridized carbons (Fsp3) is 0.409. The number of carbonyl (C=O) groups excluding carboxylic acids is 2. The average molecular weight is 499 g/mol. The molecule has 1 saturated heterocycles. The third kappa shape index (κ3) is 5.89. The lowest BCUT2D eigenvalue weighted by atomic mass is 10.0. The molecule has 2 amide bonds. The van der Waals surface area contributed by atoms with Crippen molar-refractivity contribution in [3.05, 3.63) is 52.8 Å². The van der Waals surface area contributed by atoms with E-state index >= 15 is 0 Å². The highest BCUT2D eigenvalue weighted by Gasteiger charge is 2.32. The summed E-state index contributed by atoms with van der Waals surface area (Å²) < 4.78 is 49.1. The van der Waals surface area contributed by atoms with Crippen molar-refractivity contribution in [1.29, 1.82) is 0 Å². The zero-order valence-electron chi connectivity index (χ0n) is 17.8. The molecule has 3 heterocycles. The maximum Gasteiger partial charge on any atom is 0.417 e. The number of anilines is 1. The van der Waals surface area contributed by atoms with Gasteiger partial charge in [-0.2, -0.15) is 13.2 Å². The molecule has 4 rings (SSSR count). The summed E-state index contributed by atoms with van der Waals surface area (Å²) in [6.45, 7) is 0.417. The second-order valence-electron chi connectivity index (χ2n) is 7.99. The molecule has 182 valence electrons. The number of pyridine rings is 1. The molecular formula is C22H22ClF3N4O4. The molecule has 0 bridgehead atoms. The third-order valence-electron chi connectivity index (χ3n) is 5.49. The van der Waals surface area contributed by atoms with Crippen LogP contribution in [-0.2, 0) is 27.0 Å². The molecule has 34 heavy (non-hydrogen) atoms. The Bertz CT molecular complexity index is 1040. The lowest BCUT2D eigenvalue weighted by Gasteiger charge is -2.31. The summed E-state index contributed by atoms with van der Waals surface area (Å²) in [4.78, 5) is 28.7. The van der Waals surface area contributed by atoms with Gasteiger partial charge in [-0.15, -0.1) is 0 Å². The molecule has 2 aromatic rings. The van der Waals surface area contributed by atoms with Crippen molar-refractivity contribution < 1.29 is 32.2 Å².